The number of rotatable bonds is 6. The average molecular weight is 565 g/mol. The molecule has 0 spiro atoms. The number of aryl methyl sites for hydroxylation is 3. The number of nitrogens with zero attached hydrogens (tertiary/aromatic N) is 4. The molecular formula is C37H32N4O2. The lowest BCUT2D eigenvalue weighted by atomic mass is 9.94. The van der Waals surface area contributed by atoms with Crippen LogP contribution >= 0.6 is 0 Å². The van der Waals surface area contributed by atoms with Gasteiger partial charge in [0, 0.05) is 46.4 Å². The van der Waals surface area contributed by atoms with Crippen LogP contribution in [0.4, 0.5) is 0 Å². The van der Waals surface area contributed by atoms with Crippen molar-refractivity contribution in [3.63, 3.8) is 0 Å². The highest BCUT2D eigenvalue weighted by molar-refractivity contribution is 6.09. The molecule has 6 nitrogen and oxygen atoms in total. The highest BCUT2D eigenvalue weighted by Crippen LogP contribution is 2.37. The maximum absolute atomic E-state index is 6.48. The number of benzene rings is 4. The first-order valence-electron chi connectivity index (χ1n) is 14.4. The summed E-state index contributed by atoms with van der Waals surface area (Å²) in [7, 11) is 1.67. The van der Waals surface area contributed by atoms with Crippen molar-refractivity contribution in [3.8, 4) is 39.9 Å². The molecule has 0 aliphatic heterocycles. The molecule has 212 valence electrons. The maximum atomic E-state index is 6.48. The summed E-state index contributed by atoms with van der Waals surface area (Å²) in [5, 5.41) is 7.23. The summed E-state index contributed by atoms with van der Waals surface area (Å²) in [6.45, 7) is 8.53. The van der Waals surface area contributed by atoms with Crippen molar-refractivity contribution in [2.75, 3.05) is 7.11 Å². The zero-order chi connectivity index (χ0) is 29.7. The number of fused-ring (bicyclic) bond motifs is 3. The lowest BCUT2D eigenvalue weighted by Crippen LogP contribution is -2.00. The van der Waals surface area contributed by atoms with E-state index in [0.717, 1.165) is 61.9 Å². The van der Waals surface area contributed by atoms with Gasteiger partial charge < -0.3 is 9.47 Å². The van der Waals surface area contributed by atoms with Crippen LogP contribution in [0.5, 0.6) is 17.2 Å². The third-order valence-corrected chi connectivity index (χ3v) is 8.15. The second kappa shape index (κ2) is 10.5. The lowest BCUT2D eigenvalue weighted by Gasteiger charge is -2.12. The minimum Gasteiger partial charge on any atom is -0.497 e. The number of hydrogen-bond donors (Lipinski definition) is 0. The standard InChI is InChI=1S/C37H32N4O2/c1-23-10-8-11-24(2)36(23)37-25(3)39-41(26(37)4)27-12-9-13-29(20-27)43-30-16-17-32-31-14-6-7-15-33(31)40(34(32)21-30)35-22-28(42-5)18-19-38-35/h6-22H,1-5H3. The van der Waals surface area contributed by atoms with Gasteiger partial charge in [0.25, 0.3) is 0 Å². The highest BCUT2D eigenvalue weighted by atomic mass is 16.5. The molecule has 0 radical (unpaired) electrons. The van der Waals surface area contributed by atoms with Crippen LogP contribution in [0.25, 0.3) is 44.4 Å². The second-order valence-corrected chi connectivity index (χ2v) is 10.9. The molecule has 6 heteroatoms. The summed E-state index contributed by atoms with van der Waals surface area (Å²) < 4.78 is 16.1. The van der Waals surface area contributed by atoms with Crippen LogP contribution in [0.15, 0.2) is 103 Å². The molecule has 0 amide bonds. The average Bonchev–Trinajstić information content (AvgIpc) is 3.50. The summed E-state index contributed by atoms with van der Waals surface area (Å²) in [6.07, 6.45) is 1.77. The van der Waals surface area contributed by atoms with Crippen LogP contribution in [0.3, 0.4) is 0 Å². The van der Waals surface area contributed by atoms with E-state index >= 15 is 0 Å². The Kier molecular flexibility index (Phi) is 6.47. The minimum absolute atomic E-state index is 0.736. The molecule has 4 aromatic carbocycles. The number of para-hydroxylation sites is 1. The van der Waals surface area contributed by atoms with Crippen LogP contribution in [-0.2, 0) is 0 Å². The second-order valence-electron chi connectivity index (χ2n) is 10.9. The molecule has 0 unspecified atom stereocenters. The lowest BCUT2D eigenvalue weighted by molar-refractivity contribution is 0.414. The fourth-order valence-corrected chi connectivity index (χ4v) is 6.19. The highest BCUT2D eigenvalue weighted by Gasteiger charge is 2.19. The van der Waals surface area contributed by atoms with Crippen molar-refractivity contribution in [3.05, 3.63) is 126 Å². The summed E-state index contributed by atoms with van der Waals surface area (Å²) >= 11 is 0. The van der Waals surface area contributed by atoms with Gasteiger partial charge in [-0.05, 0) is 80.8 Å². The molecule has 7 aromatic rings. The van der Waals surface area contributed by atoms with Gasteiger partial charge in [-0.2, -0.15) is 5.10 Å². The zero-order valence-electron chi connectivity index (χ0n) is 24.9. The van der Waals surface area contributed by atoms with Gasteiger partial charge >= 0.3 is 0 Å². The van der Waals surface area contributed by atoms with E-state index in [1.807, 2.05) is 47.1 Å². The molecule has 0 aliphatic rings. The Morgan fingerprint density at radius 3 is 2.19 bits per heavy atom. The fourth-order valence-electron chi connectivity index (χ4n) is 6.19. The van der Waals surface area contributed by atoms with Gasteiger partial charge in [0.05, 0.1) is 29.5 Å². The van der Waals surface area contributed by atoms with Crippen molar-refractivity contribution in [2.24, 2.45) is 0 Å². The Morgan fingerprint density at radius 1 is 0.628 bits per heavy atom. The van der Waals surface area contributed by atoms with E-state index in [9.17, 15) is 0 Å². The summed E-state index contributed by atoms with van der Waals surface area (Å²) in [5.41, 5.74) is 10.1. The molecule has 0 saturated heterocycles. The number of hydrogen-bond acceptors (Lipinski definition) is 4. The SMILES string of the molecule is COc1ccnc(-n2c3ccccc3c3ccc(Oc4cccc(-n5nc(C)c(-c6c(C)cccc6C)c5C)c4)cc32)c1. The number of ether oxygens (including phenoxy) is 2. The topological polar surface area (TPSA) is 54.1 Å². The van der Waals surface area contributed by atoms with Gasteiger partial charge in [-0.3, -0.25) is 4.57 Å². The molecule has 0 N–H and O–H groups in total. The van der Waals surface area contributed by atoms with E-state index in [1.165, 1.54) is 22.3 Å². The van der Waals surface area contributed by atoms with E-state index in [-0.39, 0.29) is 0 Å². The Balaban J connectivity index is 1.29. The van der Waals surface area contributed by atoms with Crippen molar-refractivity contribution >= 4 is 21.8 Å². The van der Waals surface area contributed by atoms with Gasteiger partial charge in [0.2, 0.25) is 0 Å². The summed E-state index contributed by atoms with van der Waals surface area (Å²) in [6, 6.07) is 32.9. The van der Waals surface area contributed by atoms with Crippen molar-refractivity contribution in [2.45, 2.75) is 27.7 Å². The van der Waals surface area contributed by atoms with E-state index in [1.54, 1.807) is 13.3 Å². The Hall–Kier alpha value is -5.36. The van der Waals surface area contributed by atoms with Crippen LogP contribution in [0.2, 0.25) is 0 Å². The molecule has 0 aliphatic carbocycles. The third-order valence-electron chi connectivity index (χ3n) is 8.15. The molecule has 43 heavy (non-hydrogen) atoms. The van der Waals surface area contributed by atoms with Gasteiger partial charge in [-0.1, -0.05) is 42.5 Å². The Morgan fingerprint density at radius 2 is 1.37 bits per heavy atom. The predicted octanol–water partition coefficient (Wildman–Crippen LogP) is 9.07. The van der Waals surface area contributed by atoms with E-state index in [0.29, 0.717) is 0 Å². The molecular weight excluding hydrogens is 532 g/mol. The third kappa shape index (κ3) is 4.52. The first-order valence-corrected chi connectivity index (χ1v) is 14.4. The minimum atomic E-state index is 0.736. The van der Waals surface area contributed by atoms with E-state index in [2.05, 4.69) is 91.8 Å². The largest absolute Gasteiger partial charge is 0.497 e. The monoisotopic (exact) mass is 564 g/mol. The van der Waals surface area contributed by atoms with Crippen LogP contribution in [0.1, 0.15) is 22.5 Å². The maximum Gasteiger partial charge on any atom is 0.141 e. The van der Waals surface area contributed by atoms with Gasteiger partial charge in [0.15, 0.2) is 0 Å². The Bertz CT molecular complexity index is 2130. The molecule has 0 fully saturated rings. The first kappa shape index (κ1) is 26.5. The molecule has 3 aromatic heterocycles. The first-order chi connectivity index (χ1) is 20.9. The van der Waals surface area contributed by atoms with Crippen LogP contribution in [0, 0.1) is 27.7 Å². The van der Waals surface area contributed by atoms with Crippen LogP contribution < -0.4 is 9.47 Å². The molecule has 3 heterocycles. The predicted molar refractivity (Wildman–Crippen MR) is 173 cm³/mol. The summed E-state index contributed by atoms with van der Waals surface area (Å²) in [5.74, 6) is 3.01. The fraction of sp³-hybridized carbons (Fsp3) is 0.135. The molecule has 0 saturated carbocycles. The quantitative estimate of drug-likeness (QED) is 0.202. The van der Waals surface area contributed by atoms with Crippen molar-refractivity contribution in [1.82, 2.24) is 19.3 Å². The number of methoxy groups -OCH3 is 1. The normalized spacial score (nSPS) is 11.4. The van der Waals surface area contributed by atoms with Gasteiger partial charge in [-0.15, -0.1) is 0 Å². The molecule has 7 rings (SSSR count). The molecule has 0 bridgehead atoms. The van der Waals surface area contributed by atoms with E-state index in [4.69, 9.17) is 14.6 Å². The number of pyridine rings is 1. The van der Waals surface area contributed by atoms with Gasteiger partial charge in [0.1, 0.15) is 23.1 Å². The van der Waals surface area contributed by atoms with Crippen molar-refractivity contribution in [1.29, 1.82) is 0 Å². The van der Waals surface area contributed by atoms with E-state index < -0.39 is 0 Å². The smallest absolute Gasteiger partial charge is 0.141 e. The van der Waals surface area contributed by atoms with Crippen LogP contribution in [-0.4, -0.2) is 26.4 Å². The zero-order valence-corrected chi connectivity index (χ0v) is 24.9. The summed E-state index contributed by atoms with van der Waals surface area (Å²) in [4.78, 5) is 4.67. The number of aromatic nitrogens is 4. The van der Waals surface area contributed by atoms with Crippen molar-refractivity contribution < 1.29 is 9.47 Å². The van der Waals surface area contributed by atoms with Gasteiger partial charge in [-0.25, -0.2) is 9.67 Å². The Labute approximate surface area is 250 Å². The molecule has 0 atom stereocenters.